The number of carbonyl (C=O) groups is 3. The zero-order valence-corrected chi connectivity index (χ0v) is 16.7. The zero-order chi connectivity index (χ0) is 22.1. The number of thiol groups is 1. The summed E-state index contributed by atoms with van der Waals surface area (Å²) in [6, 6.07) is 12.3. The molecular formula is C21H25N3O4S. The molecule has 3 atom stereocenters. The Hall–Kier alpha value is -2.84. The number of aromatic hydroxyl groups is 1. The number of carbonyl (C=O) groups excluding carboxylic acids is 3. The number of hydrogen-bond donors (Lipinski definition) is 5. The molecule has 8 heteroatoms. The molecule has 2 aromatic carbocycles. The van der Waals surface area contributed by atoms with Gasteiger partial charge in [0, 0.05) is 5.75 Å². The van der Waals surface area contributed by atoms with E-state index in [9.17, 15) is 19.5 Å². The Balaban J connectivity index is 1.99. The van der Waals surface area contributed by atoms with Gasteiger partial charge in [0.1, 0.15) is 18.1 Å². The molecule has 0 radical (unpaired) electrons. The Morgan fingerprint density at radius 1 is 1.07 bits per heavy atom. The quantitative estimate of drug-likeness (QED) is 0.287. The molecule has 0 saturated carbocycles. The minimum absolute atomic E-state index is 0.0528. The summed E-state index contributed by atoms with van der Waals surface area (Å²) in [5.41, 5.74) is 7.50. The fraction of sp³-hybridized carbons (Fsp3) is 0.286. The van der Waals surface area contributed by atoms with Crippen LogP contribution in [0.2, 0.25) is 1.41 Å². The summed E-state index contributed by atoms with van der Waals surface area (Å²) in [7, 11) is 0. The van der Waals surface area contributed by atoms with E-state index in [0.717, 1.165) is 5.56 Å². The van der Waals surface area contributed by atoms with Crippen molar-refractivity contribution in [3.63, 3.8) is 0 Å². The molecule has 0 spiro atoms. The molecule has 0 bridgehead atoms. The lowest BCUT2D eigenvalue weighted by Gasteiger charge is -2.21. The Kier molecular flexibility index (Phi) is 8.09. The van der Waals surface area contributed by atoms with E-state index in [4.69, 9.17) is 7.15 Å². The van der Waals surface area contributed by atoms with Crippen LogP contribution in [0.1, 0.15) is 11.1 Å². The van der Waals surface area contributed by atoms with Crippen LogP contribution in [-0.4, -0.2) is 47.1 Å². The van der Waals surface area contributed by atoms with E-state index in [1.165, 1.54) is 12.1 Å². The number of amides is 2. The van der Waals surface area contributed by atoms with Gasteiger partial charge in [-0.15, -0.1) is 0 Å². The van der Waals surface area contributed by atoms with Crippen molar-refractivity contribution in [2.45, 2.75) is 31.0 Å². The lowest BCUT2D eigenvalue weighted by molar-refractivity contribution is -0.130. The second-order valence-corrected chi connectivity index (χ2v) is 6.95. The minimum Gasteiger partial charge on any atom is -0.508 e. The van der Waals surface area contributed by atoms with Gasteiger partial charge >= 0.3 is 0 Å². The molecule has 7 nitrogen and oxygen atoms in total. The van der Waals surface area contributed by atoms with Gasteiger partial charge in [-0.05, 0) is 36.1 Å². The summed E-state index contributed by atoms with van der Waals surface area (Å²) in [5, 5.41) is 12.4. The topological polar surface area (TPSA) is 122 Å². The van der Waals surface area contributed by atoms with Gasteiger partial charge in [0.15, 0.2) is 1.41 Å². The van der Waals surface area contributed by atoms with Crippen LogP contribution in [-0.2, 0) is 27.2 Å². The standard InChI is InChI=1S/C21H25N3O4S/c22-18(11-14-4-2-1-3-5-14)20(27)24-19(13-29)21(28)23-16(12-25)10-15-6-8-17(26)9-7-15/h1-9,12,16,18-19,26,29H,10-11,13,22H2,(H,23,28)(H,24,27)/t16-,18-,19-/m0/s1/i/hD. The molecule has 29 heavy (non-hydrogen) atoms. The highest BCUT2D eigenvalue weighted by atomic mass is 32.1. The number of phenols is 1. The lowest BCUT2D eigenvalue weighted by Crippen LogP contribution is -2.55. The summed E-state index contributed by atoms with van der Waals surface area (Å²) >= 11 is 4.10. The maximum Gasteiger partial charge on any atom is 0.244 e. The van der Waals surface area contributed by atoms with Crippen LogP contribution in [0.25, 0.3) is 0 Å². The minimum atomic E-state index is -1.09. The van der Waals surface area contributed by atoms with Crippen LogP contribution < -0.4 is 16.4 Å². The Labute approximate surface area is 176 Å². The zero-order valence-electron chi connectivity index (χ0n) is 16.8. The van der Waals surface area contributed by atoms with Crippen molar-refractivity contribution in [2.24, 2.45) is 5.73 Å². The van der Waals surface area contributed by atoms with Gasteiger partial charge in [0.05, 0.1) is 12.1 Å². The van der Waals surface area contributed by atoms with E-state index in [1.807, 2.05) is 30.3 Å². The first-order valence-electron chi connectivity index (χ1n) is 9.56. The van der Waals surface area contributed by atoms with Gasteiger partial charge in [-0.2, -0.15) is 12.6 Å². The first-order chi connectivity index (χ1) is 14.3. The predicted octanol–water partition coefficient (Wildman–Crippen LogP) is 0.603. The molecule has 0 saturated heterocycles. The fourth-order valence-corrected chi connectivity index (χ4v) is 2.92. The van der Waals surface area contributed by atoms with E-state index < -0.39 is 29.9 Å². The predicted molar refractivity (Wildman–Crippen MR) is 114 cm³/mol. The van der Waals surface area contributed by atoms with Gasteiger partial charge in [-0.3, -0.25) is 9.59 Å². The van der Waals surface area contributed by atoms with Crippen LogP contribution >= 0.6 is 12.6 Å². The smallest absolute Gasteiger partial charge is 0.244 e. The van der Waals surface area contributed by atoms with Crippen molar-refractivity contribution in [1.82, 2.24) is 10.6 Å². The second kappa shape index (κ2) is 11.2. The first kappa shape index (κ1) is 20.9. The number of rotatable bonds is 10. The van der Waals surface area contributed by atoms with Gasteiger partial charge in [-0.1, -0.05) is 42.5 Å². The van der Waals surface area contributed by atoms with Crippen molar-refractivity contribution in [2.75, 3.05) is 5.75 Å². The van der Waals surface area contributed by atoms with Crippen LogP contribution in [0.3, 0.4) is 0 Å². The Morgan fingerprint density at radius 3 is 2.28 bits per heavy atom. The molecule has 2 rings (SSSR count). The lowest BCUT2D eigenvalue weighted by atomic mass is 10.1. The van der Waals surface area contributed by atoms with Gasteiger partial charge < -0.3 is 26.3 Å². The van der Waals surface area contributed by atoms with Gasteiger partial charge in [-0.25, -0.2) is 0 Å². The summed E-state index contributed by atoms with van der Waals surface area (Å²) in [4.78, 5) is 36.6. The monoisotopic (exact) mass is 416 g/mol. The maximum atomic E-state index is 12.7. The van der Waals surface area contributed by atoms with Crippen LogP contribution in [0.5, 0.6) is 5.75 Å². The molecule has 0 fully saturated rings. The third-order valence-corrected chi connectivity index (χ3v) is 4.63. The summed E-state index contributed by atoms with van der Waals surface area (Å²) < 4.78 is 8.08. The van der Waals surface area contributed by atoms with Crippen molar-refractivity contribution < 1.29 is 20.9 Å². The number of nitrogens with one attached hydrogen (secondary N) is 2. The maximum absolute atomic E-state index is 12.7. The molecule has 0 aliphatic carbocycles. The van der Waals surface area contributed by atoms with E-state index in [2.05, 4.69) is 17.9 Å². The molecule has 0 aliphatic rings. The number of phenolic OH excluding ortho intramolecular Hbond substituents is 1. The highest BCUT2D eigenvalue weighted by molar-refractivity contribution is 7.80. The van der Waals surface area contributed by atoms with Crippen molar-refractivity contribution in [3.05, 3.63) is 65.7 Å². The normalized spacial score (nSPS) is 14.2. The highest BCUT2D eigenvalue weighted by Gasteiger charge is 2.24. The van der Waals surface area contributed by atoms with E-state index >= 15 is 0 Å². The number of aldehydes is 1. The fourth-order valence-electron chi connectivity index (χ4n) is 2.68. The molecule has 0 unspecified atom stereocenters. The molecule has 0 heterocycles. The number of nitrogens with two attached hydrogens (primary N) is 1. The van der Waals surface area contributed by atoms with Crippen molar-refractivity contribution in [3.8, 4) is 5.75 Å². The van der Waals surface area contributed by atoms with Crippen LogP contribution in [0, 0.1) is 0 Å². The summed E-state index contributed by atoms with van der Waals surface area (Å²) in [5.74, 6) is -1.28. The van der Waals surface area contributed by atoms with E-state index in [1.54, 1.807) is 12.1 Å². The van der Waals surface area contributed by atoms with Gasteiger partial charge in [0.25, 0.3) is 0 Å². The highest BCUT2D eigenvalue weighted by Crippen LogP contribution is 2.11. The SMILES string of the molecule is [2H]N(C(=O)[C@H](CS)NC(=O)[C@@H](N)Cc1ccccc1)[C@H](C=O)Cc1ccc(O)cc1. The molecular weight excluding hydrogens is 390 g/mol. The Bertz CT molecular complexity index is 851. The van der Waals surface area contributed by atoms with Crippen molar-refractivity contribution >= 4 is 30.7 Å². The summed E-state index contributed by atoms with van der Waals surface area (Å²) in [6.45, 7) is 0. The molecule has 0 aliphatic heterocycles. The third kappa shape index (κ3) is 7.24. The third-order valence-electron chi connectivity index (χ3n) is 4.26. The molecule has 154 valence electrons. The molecule has 5 N–H and O–H groups in total. The number of hydrogen-bond acceptors (Lipinski definition) is 6. The Morgan fingerprint density at radius 2 is 1.69 bits per heavy atom. The van der Waals surface area contributed by atoms with Crippen LogP contribution in [0.4, 0.5) is 0 Å². The summed E-state index contributed by atoms with van der Waals surface area (Å²) in [6.07, 6.45) is 0.888. The average Bonchev–Trinajstić information content (AvgIpc) is 2.76. The van der Waals surface area contributed by atoms with Gasteiger partial charge in [0.2, 0.25) is 11.8 Å². The largest absolute Gasteiger partial charge is 0.508 e. The van der Waals surface area contributed by atoms with E-state index in [-0.39, 0.29) is 17.9 Å². The first-order valence-corrected chi connectivity index (χ1v) is 9.74. The molecule has 2 aromatic rings. The number of benzene rings is 2. The average molecular weight is 417 g/mol. The van der Waals surface area contributed by atoms with Crippen LogP contribution in [0.15, 0.2) is 54.6 Å². The molecule has 0 aromatic heterocycles. The van der Waals surface area contributed by atoms with Crippen molar-refractivity contribution in [1.29, 1.82) is 0 Å². The van der Waals surface area contributed by atoms with E-state index in [0.29, 0.717) is 23.6 Å². The second-order valence-electron chi connectivity index (χ2n) is 6.58. The molecule has 2 amide bonds.